The molecular weight excluding hydrogens is 1290 g/mol. The number of phosphoric acid groups is 2. The molecule has 0 fully saturated rings. The van der Waals surface area contributed by atoms with Gasteiger partial charge in [0.2, 0.25) is 0 Å². The molecule has 588 valence electrons. The van der Waals surface area contributed by atoms with Crippen molar-refractivity contribution in [2.75, 3.05) is 39.6 Å². The molecule has 0 bridgehead atoms. The summed E-state index contributed by atoms with van der Waals surface area (Å²) in [5, 5.41) is 10.6. The number of phosphoric ester groups is 2. The first kappa shape index (κ1) is 97.1. The summed E-state index contributed by atoms with van der Waals surface area (Å²) < 4.78 is 68.6. The van der Waals surface area contributed by atoms with E-state index in [1.54, 1.807) is 0 Å². The van der Waals surface area contributed by atoms with E-state index in [-0.39, 0.29) is 25.7 Å². The lowest BCUT2D eigenvalue weighted by molar-refractivity contribution is -0.161. The second-order valence-electron chi connectivity index (χ2n) is 29.8. The van der Waals surface area contributed by atoms with Crippen LogP contribution in [0.1, 0.15) is 420 Å². The predicted octanol–water partition coefficient (Wildman–Crippen LogP) is 23.9. The molecule has 2 unspecified atom stereocenters. The zero-order valence-corrected chi connectivity index (χ0v) is 66.6. The number of aliphatic hydroxyl groups is 1. The van der Waals surface area contributed by atoms with Crippen LogP contribution in [0.3, 0.4) is 0 Å². The first-order valence-corrected chi connectivity index (χ1v) is 44.5. The van der Waals surface area contributed by atoms with E-state index in [0.29, 0.717) is 25.7 Å². The molecule has 0 saturated heterocycles. The van der Waals surface area contributed by atoms with E-state index < -0.39 is 97.5 Å². The van der Waals surface area contributed by atoms with Gasteiger partial charge in [-0.25, -0.2) is 9.13 Å². The normalized spacial score (nSPS) is 13.9. The lowest BCUT2D eigenvalue weighted by atomic mass is 10.0. The maximum Gasteiger partial charge on any atom is 0.472 e. The Labute approximate surface area is 607 Å². The summed E-state index contributed by atoms with van der Waals surface area (Å²) in [5.74, 6) is -0.552. The van der Waals surface area contributed by atoms with Crippen LogP contribution < -0.4 is 0 Å². The van der Waals surface area contributed by atoms with Crippen LogP contribution in [0.5, 0.6) is 0 Å². The van der Waals surface area contributed by atoms with E-state index in [1.165, 1.54) is 238 Å². The fourth-order valence-electron chi connectivity index (χ4n) is 12.4. The van der Waals surface area contributed by atoms with E-state index in [9.17, 15) is 43.2 Å². The summed E-state index contributed by atoms with van der Waals surface area (Å²) in [6, 6.07) is 0. The Morgan fingerprint density at radius 3 is 0.687 bits per heavy atom. The largest absolute Gasteiger partial charge is 0.472 e. The molecule has 3 N–H and O–H groups in total. The minimum Gasteiger partial charge on any atom is -0.462 e. The summed E-state index contributed by atoms with van der Waals surface area (Å²) in [6.45, 7) is 9.63. The SMILES string of the molecule is CCCCCCCCCCCCCCCCCCCCCCC(=O)O[C@H](COC(=O)CCCCCCCCCCCCCCC(C)C)COP(=O)(O)OC[C@@H](O)COP(=O)(O)OC[C@@H](COC(=O)CCCCCCCCCCC)OC(=O)CCCCCCCCCCCCCCC(C)C. The molecule has 0 rings (SSSR count). The highest BCUT2D eigenvalue weighted by Gasteiger charge is 2.30. The molecule has 99 heavy (non-hydrogen) atoms. The smallest absolute Gasteiger partial charge is 0.462 e. The maximum absolute atomic E-state index is 13.1. The standard InChI is InChI=1S/C80H156O17P2/c1-7-9-11-13-15-17-18-19-20-21-22-23-24-25-26-34-40-46-52-58-64-79(84)97-76(69-91-78(83)63-57-51-45-39-33-29-27-31-37-42-48-54-60-72(3)4)71-95-99(88,89)93-67-74(81)66-92-98(86,87)94-70-75(68-90-77(82)62-56-50-44-36-16-14-12-10-8-2)96-80(85)65-59-53-47-41-35-30-28-32-38-43-49-55-61-73(5)6/h72-76,81H,7-71H2,1-6H3,(H,86,87)(H,88,89)/t74-,75+,76+/m0/s1. The van der Waals surface area contributed by atoms with Gasteiger partial charge in [-0.1, -0.05) is 369 Å². The van der Waals surface area contributed by atoms with Crippen molar-refractivity contribution in [1.82, 2.24) is 0 Å². The molecule has 0 aliphatic heterocycles. The van der Waals surface area contributed by atoms with Gasteiger partial charge in [0.1, 0.15) is 19.3 Å². The van der Waals surface area contributed by atoms with Gasteiger partial charge in [0.25, 0.3) is 0 Å². The summed E-state index contributed by atoms with van der Waals surface area (Å²) in [5.41, 5.74) is 0. The van der Waals surface area contributed by atoms with Gasteiger partial charge in [0.05, 0.1) is 26.4 Å². The van der Waals surface area contributed by atoms with Crippen LogP contribution in [-0.4, -0.2) is 96.7 Å². The van der Waals surface area contributed by atoms with Crippen LogP contribution in [0.2, 0.25) is 0 Å². The number of unbranched alkanes of at least 4 members (excludes halogenated alkanes) is 49. The first-order valence-electron chi connectivity index (χ1n) is 41.5. The van der Waals surface area contributed by atoms with Crippen LogP contribution in [0.25, 0.3) is 0 Å². The second kappa shape index (κ2) is 71.7. The zero-order chi connectivity index (χ0) is 72.8. The number of ether oxygens (including phenoxy) is 4. The van der Waals surface area contributed by atoms with Crippen molar-refractivity contribution in [3.63, 3.8) is 0 Å². The highest BCUT2D eigenvalue weighted by molar-refractivity contribution is 7.47. The number of carbonyl (C=O) groups is 4. The first-order chi connectivity index (χ1) is 47.9. The Kier molecular flexibility index (Phi) is 70.3. The van der Waals surface area contributed by atoms with Gasteiger partial charge in [0, 0.05) is 25.7 Å². The summed E-state index contributed by atoms with van der Waals surface area (Å²) >= 11 is 0. The molecule has 17 nitrogen and oxygen atoms in total. The lowest BCUT2D eigenvalue weighted by Gasteiger charge is -2.21. The van der Waals surface area contributed by atoms with E-state index in [1.807, 2.05) is 0 Å². The van der Waals surface area contributed by atoms with Crippen molar-refractivity contribution in [3.8, 4) is 0 Å². The number of carbonyl (C=O) groups excluding carboxylic acids is 4. The number of rotatable bonds is 79. The predicted molar refractivity (Wildman–Crippen MR) is 405 cm³/mol. The van der Waals surface area contributed by atoms with Crippen molar-refractivity contribution >= 4 is 39.5 Å². The molecular formula is C80H156O17P2. The third-order valence-electron chi connectivity index (χ3n) is 18.7. The Bertz CT molecular complexity index is 1910. The molecule has 5 atom stereocenters. The Morgan fingerprint density at radius 2 is 0.465 bits per heavy atom. The van der Waals surface area contributed by atoms with E-state index in [0.717, 1.165) is 102 Å². The Hall–Kier alpha value is -1.94. The number of esters is 4. The molecule has 0 radical (unpaired) electrons. The van der Waals surface area contributed by atoms with Crippen LogP contribution in [0.15, 0.2) is 0 Å². The van der Waals surface area contributed by atoms with Gasteiger partial charge in [0.15, 0.2) is 12.2 Å². The summed E-state index contributed by atoms with van der Waals surface area (Å²) in [4.78, 5) is 72.9. The minimum atomic E-state index is -4.96. The zero-order valence-electron chi connectivity index (χ0n) is 64.8. The van der Waals surface area contributed by atoms with Gasteiger partial charge < -0.3 is 33.8 Å². The molecule has 0 saturated carbocycles. The van der Waals surface area contributed by atoms with Gasteiger partial charge >= 0.3 is 39.5 Å². The minimum absolute atomic E-state index is 0.107. The fraction of sp³-hybridized carbons (Fsp3) is 0.950. The van der Waals surface area contributed by atoms with E-state index >= 15 is 0 Å². The average Bonchev–Trinajstić information content (AvgIpc) is 1.27. The Morgan fingerprint density at radius 1 is 0.273 bits per heavy atom. The topological polar surface area (TPSA) is 237 Å². The van der Waals surface area contributed by atoms with Crippen molar-refractivity contribution in [3.05, 3.63) is 0 Å². The summed E-state index contributed by atoms with van der Waals surface area (Å²) in [6.07, 6.45) is 61.1. The highest BCUT2D eigenvalue weighted by Crippen LogP contribution is 2.45. The number of aliphatic hydroxyl groups excluding tert-OH is 1. The molecule has 0 aromatic carbocycles. The molecule has 0 aliphatic rings. The van der Waals surface area contributed by atoms with Gasteiger partial charge in [-0.2, -0.15) is 0 Å². The van der Waals surface area contributed by atoms with Gasteiger partial charge in [-0.05, 0) is 37.5 Å². The lowest BCUT2D eigenvalue weighted by Crippen LogP contribution is -2.30. The number of hydrogen-bond donors (Lipinski definition) is 3. The van der Waals surface area contributed by atoms with Crippen LogP contribution >= 0.6 is 15.6 Å². The molecule has 0 aromatic rings. The van der Waals surface area contributed by atoms with Crippen LogP contribution in [0, 0.1) is 11.8 Å². The quantitative estimate of drug-likeness (QED) is 0.0222. The molecule has 0 aromatic heterocycles. The molecule has 0 spiro atoms. The maximum atomic E-state index is 13.1. The van der Waals surface area contributed by atoms with Crippen LogP contribution in [0.4, 0.5) is 0 Å². The third-order valence-corrected chi connectivity index (χ3v) is 20.6. The average molecular weight is 1450 g/mol. The van der Waals surface area contributed by atoms with Gasteiger partial charge in [-0.3, -0.25) is 37.3 Å². The number of hydrogen-bond acceptors (Lipinski definition) is 15. The summed E-state index contributed by atoms with van der Waals surface area (Å²) in [7, 11) is -9.92. The monoisotopic (exact) mass is 1450 g/mol. The molecule has 0 heterocycles. The third kappa shape index (κ3) is 74.1. The van der Waals surface area contributed by atoms with Crippen molar-refractivity contribution in [2.24, 2.45) is 11.8 Å². The van der Waals surface area contributed by atoms with E-state index in [4.69, 9.17) is 37.0 Å². The molecule has 19 heteroatoms. The van der Waals surface area contributed by atoms with Crippen molar-refractivity contribution < 1.29 is 80.2 Å². The van der Waals surface area contributed by atoms with E-state index in [2.05, 4.69) is 41.5 Å². The van der Waals surface area contributed by atoms with Crippen molar-refractivity contribution in [2.45, 2.75) is 439 Å². The second-order valence-corrected chi connectivity index (χ2v) is 32.7. The van der Waals surface area contributed by atoms with Crippen LogP contribution in [-0.2, 0) is 65.4 Å². The Balaban J connectivity index is 5.21. The molecule has 0 aliphatic carbocycles. The molecule has 0 amide bonds. The fourth-order valence-corrected chi connectivity index (χ4v) is 13.9. The van der Waals surface area contributed by atoms with Gasteiger partial charge in [-0.15, -0.1) is 0 Å². The van der Waals surface area contributed by atoms with Crippen molar-refractivity contribution in [1.29, 1.82) is 0 Å². The highest BCUT2D eigenvalue weighted by atomic mass is 31.2.